The van der Waals surface area contributed by atoms with Gasteiger partial charge in [0.15, 0.2) is 0 Å². The third kappa shape index (κ3) is 6.59. The molecule has 0 fully saturated rings. The first-order valence-electron chi connectivity index (χ1n) is 6.09. The van der Waals surface area contributed by atoms with Crippen LogP contribution in [0, 0.1) is 22.7 Å². The highest BCUT2D eigenvalue weighted by Crippen LogP contribution is 2.00. The molecular formula is C18H14N2. The largest absolute Gasteiger partial charge is 0.193 e. The van der Waals surface area contributed by atoms with E-state index in [4.69, 9.17) is 10.5 Å². The zero-order chi connectivity index (χ0) is 14.5. The van der Waals surface area contributed by atoms with Gasteiger partial charge in [-0.1, -0.05) is 60.7 Å². The third-order valence-corrected chi connectivity index (χ3v) is 2.30. The summed E-state index contributed by atoms with van der Waals surface area (Å²) in [7, 11) is 0. The molecular weight excluding hydrogens is 244 g/mol. The highest BCUT2D eigenvalue weighted by atomic mass is 14.2. The van der Waals surface area contributed by atoms with E-state index in [1.54, 1.807) is 12.2 Å². The van der Waals surface area contributed by atoms with Gasteiger partial charge in [0, 0.05) is 12.2 Å². The molecule has 2 nitrogen and oxygen atoms in total. The van der Waals surface area contributed by atoms with Crippen LogP contribution in [0.15, 0.2) is 72.8 Å². The smallest absolute Gasteiger partial charge is 0.0912 e. The minimum Gasteiger partial charge on any atom is -0.193 e. The van der Waals surface area contributed by atoms with Crippen molar-refractivity contribution in [1.82, 2.24) is 0 Å². The average molecular weight is 258 g/mol. The number of hydrogen-bond donors (Lipinski definition) is 0. The zero-order valence-corrected chi connectivity index (χ0v) is 11.0. The minimum atomic E-state index is 1.06. The molecule has 0 heterocycles. The molecule has 96 valence electrons. The van der Waals surface area contributed by atoms with E-state index in [0.717, 1.165) is 11.1 Å². The summed E-state index contributed by atoms with van der Waals surface area (Å²) in [4.78, 5) is 0. The molecule has 0 spiro atoms. The van der Waals surface area contributed by atoms with Crippen molar-refractivity contribution in [2.24, 2.45) is 0 Å². The van der Waals surface area contributed by atoms with Gasteiger partial charge in [0.05, 0.1) is 12.1 Å². The summed E-state index contributed by atoms with van der Waals surface area (Å²) in [6.45, 7) is 0. The van der Waals surface area contributed by atoms with Crippen LogP contribution in [0.4, 0.5) is 0 Å². The topological polar surface area (TPSA) is 47.6 Å². The Hall–Kier alpha value is -3.10. The first-order chi connectivity index (χ1) is 9.86. The van der Waals surface area contributed by atoms with Crippen LogP contribution in [0.5, 0.6) is 0 Å². The highest BCUT2D eigenvalue weighted by Gasteiger charge is 1.79. The average Bonchev–Trinajstić information content (AvgIpc) is 2.53. The molecule has 0 aliphatic heterocycles. The second kappa shape index (κ2) is 9.88. The first kappa shape index (κ1) is 15.0. The van der Waals surface area contributed by atoms with Gasteiger partial charge in [-0.15, -0.1) is 0 Å². The summed E-state index contributed by atoms with van der Waals surface area (Å²) in [6.07, 6.45) is 6.49. The quantitative estimate of drug-likeness (QED) is 0.747. The monoisotopic (exact) mass is 258 g/mol. The van der Waals surface area contributed by atoms with Gasteiger partial charge in [0.1, 0.15) is 0 Å². The van der Waals surface area contributed by atoms with Crippen LogP contribution >= 0.6 is 0 Å². The van der Waals surface area contributed by atoms with E-state index in [9.17, 15) is 0 Å². The number of rotatable bonds is 2. The van der Waals surface area contributed by atoms with Gasteiger partial charge in [0.25, 0.3) is 0 Å². The Morgan fingerprint density at radius 2 is 0.950 bits per heavy atom. The maximum absolute atomic E-state index is 8.19. The molecule has 0 unspecified atom stereocenters. The van der Waals surface area contributed by atoms with E-state index in [-0.39, 0.29) is 0 Å². The summed E-state index contributed by atoms with van der Waals surface area (Å²) < 4.78 is 0. The van der Waals surface area contributed by atoms with Crippen molar-refractivity contribution in [3.05, 3.63) is 83.9 Å². The molecule has 2 rings (SSSR count). The van der Waals surface area contributed by atoms with Gasteiger partial charge in [-0.05, 0) is 23.3 Å². The van der Waals surface area contributed by atoms with Crippen molar-refractivity contribution in [1.29, 1.82) is 10.5 Å². The van der Waals surface area contributed by atoms with E-state index in [0.29, 0.717) is 0 Å². The Balaban J connectivity index is 0.000000200. The van der Waals surface area contributed by atoms with Crippen LogP contribution in [-0.2, 0) is 0 Å². The summed E-state index contributed by atoms with van der Waals surface area (Å²) in [5, 5.41) is 16.4. The van der Waals surface area contributed by atoms with Crippen LogP contribution in [-0.4, -0.2) is 0 Å². The van der Waals surface area contributed by atoms with Crippen LogP contribution < -0.4 is 0 Å². The third-order valence-electron chi connectivity index (χ3n) is 2.30. The number of nitriles is 2. The Bertz CT molecular complexity index is 567. The minimum absolute atomic E-state index is 1.06. The number of hydrogen-bond acceptors (Lipinski definition) is 2. The Morgan fingerprint density at radius 1 is 0.600 bits per heavy atom. The number of benzene rings is 2. The van der Waals surface area contributed by atoms with Crippen molar-refractivity contribution >= 4 is 12.2 Å². The molecule has 0 aromatic heterocycles. The zero-order valence-electron chi connectivity index (χ0n) is 11.0. The van der Waals surface area contributed by atoms with Gasteiger partial charge in [0.2, 0.25) is 0 Å². The Kier molecular flexibility index (Phi) is 7.39. The lowest BCUT2D eigenvalue weighted by molar-refractivity contribution is 1.53. The Labute approximate surface area is 119 Å². The maximum Gasteiger partial charge on any atom is 0.0912 e. The second-order valence-electron chi connectivity index (χ2n) is 3.75. The van der Waals surface area contributed by atoms with Crippen molar-refractivity contribution in [3.63, 3.8) is 0 Å². The summed E-state index contributed by atoms with van der Waals surface area (Å²) in [6, 6.07) is 23.3. The van der Waals surface area contributed by atoms with Gasteiger partial charge in [-0.3, -0.25) is 0 Å². The molecule has 0 saturated heterocycles. The molecule has 0 saturated carbocycles. The predicted octanol–water partition coefficient (Wildman–Crippen LogP) is 4.45. The van der Waals surface area contributed by atoms with Crippen LogP contribution in [0.2, 0.25) is 0 Å². The summed E-state index contributed by atoms with van der Waals surface area (Å²) >= 11 is 0. The number of allylic oxidation sites excluding steroid dienone is 2. The predicted molar refractivity (Wildman–Crippen MR) is 82.2 cm³/mol. The van der Waals surface area contributed by atoms with Gasteiger partial charge in [-0.2, -0.15) is 10.5 Å². The van der Waals surface area contributed by atoms with Crippen molar-refractivity contribution < 1.29 is 0 Å². The SMILES string of the molecule is N#C/C=C/c1ccccc1.N#C/C=C/c1ccccc1. The molecule has 0 bridgehead atoms. The molecule has 0 aliphatic rings. The molecule has 0 atom stereocenters. The summed E-state index contributed by atoms with van der Waals surface area (Å²) in [5.41, 5.74) is 2.12. The molecule has 2 aromatic rings. The standard InChI is InChI=1S/2C9H7N/c2*10-8-4-7-9-5-2-1-3-6-9/h2*1-7H/b2*7-4+. The van der Waals surface area contributed by atoms with Crippen LogP contribution in [0.25, 0.3) is 12.2 Å². The van der Waals surface area contributed by atoms with Crippen molar-refractivity contribution in [2.45, 2.75) is 0 Å². The highest BCUT2D eigenvalue weighted by molar-refractivity contribution is 5.51. The van der Waals surface area contributed by atoms with Crippen molar-refractivity contribution in [3.8, 4) is 12.1 Å². The van der Waals surface area contributed by atoms with Gasteiger partial charge in [-0.25, -0.2) is 0 Å². The fourth-order valence-electron chi connectivity index (χ4n) is 1.40. The van der Waals surface area contributed by atoms with Gasteiger partial charge >= 0.3 is 0 Å². The lowest BCUT2D eigenvalue weighted by atomic mass is 10.2. The van der Waals surface area contributed by atoms with Gasteiger partial charge < -0.3 is 0 Å². The lowest BCUT2D eigenvalue weighted by Crippen LogP contribution is -1.65. The molecule has 0 radical (unpaired) electrons. The lowest BCUT2D eigenvalue weighted by Gasteiger charge is -1.86. The molecule has 2 heteroatoms. The van der Waals surface area contributed by atoms with E-state index >= 15 is 0 Å². The fourth-order valence-corrected chi connectivity index (χ4v) is 1.40. The van der Waals surface area contributed by atoms with Crippen LogP contribution in [0.3, 0.4) is 0 Å². The van der Waals surface area contributed by atoms with E-state index in [1.807, 2.05) is 72.8 Å². The van der Waals surface area contributed by atoms with E-state index in [2.05, 4.69) is 0 Å². The maximum atomic E-state index is 8.19. The van der Waals surface area contributed by atoms with Crippen LogP contribution in [0.1, 0.15) is 11.1 Å². The van der Waals surface area contributed by atoms with Crippen molar-refractivity contribution in [2.75, 3.05) is 0 Å². The first-order valence-corrected chi connectivity index (χ1v) is 6.09. The molecule has 20 heavy (non-hydrogen) atoms. The number of nitrogens with zero attached hydrogens (tertiary/aromatic N) is 2. The second-order valence-corrected chi connectivity index (χ2v) is 3.75. The molecule has 2 aromatic carbocycles. The summed E-state index contributed by atoms with van der Waals surface area (Å²) in [5.74, 6) is 0. The normalized spacial score (nSPS) is 9.50. The molecule has 0 aliphatic carbocycles. The molecule has 0 amide bonds. The van der Waals surface area contributed by atoms with E-state index < -0.39 is 0 Å². The van der Waals surface area contributed by atoms with E-state index in [1.165, 1.54) is 12.2 Å². The Morgan fingerprint density at radius 3 is 1.25 bits per heavy atom. The fraction of sp³-hybridized carbons (Fsp3) is 0. The molecule has 0 N–H and O–H groups in total.